The highest BCUT2D eigenvalue weighted by molar-refractivity contribution is 5.86. The van der Waals surface area contributed by atoms with Crippen molar-refractivity contribution in [3.8, 4) is 0 Å². The lowest BCUT2D eigenvalue weighted by Gasteiger charge is -2.31. The van der Waals surface area contributed by atoms with Crippen LogP contribution >= 0.6 is 0 Å². The van der Waals surface area contributed by atoms with Gasteiger partial charge in [0.25, 0.3) is 0 Å². The molecule has 1 rings (SSSR count). The number of allylic oxidation sites excluding steroid dienone is 2. The first-order chi connectivity index (χ1) is 13.4. The van der Waals surface area contributed by atoms with Gasteiger partial charge in [0.2, 0.25) is 11.8 Å². The number of ether oxygens (including phenoxy) is 1. The number of aliphatic hydroxyl groups is 1. The fraction of sp³-hybridized carbons (Fsp3) is 0.667. The van der Waals surface area contributed by atoms with Crippen LogP contribution in [0, 0.1) is 5.92 Å². The van der Waals surface area contributed by atoms with Crippen molar-refractivity contribution < 1.29 is 24.2 Å². The number of aliphatic hydroxyl groups excluding tert-OH is 1. The second-order valence-corrected chi connectivity index (χ2v) is 7.54. The summed E-state index contributed by atoms with van der Waals surface area (Å²) < 4.78 is 5.39. The molecular weight excluding hydrogens is 360 g/mol. The molecule has 0 heterocycles. The van der Waals surface area contributed by atoms with Gasteiger partial charge < -0.3 is 20.5 Å². The van der Waals surface area contributed by atoms with E-state index in [-0.39, 0.29) is 49.9 Å². The summed E-state index contributed by atoms with van der Waals surface area (Å²) in [5.74, 6) is -1.40. The number of carbonyl (C=O) groups is 3. The van der Waals surface area contributed by atoms with E-state index < -0.39 is 11.5 Å². The van der Waals surface area contributed by atoms with Crippen LogP contribution in [0.4, 0.5) is 0 Å². The number of carbonyl (C=O) groups excluding carboxylic acids is 3. The minimum absolute atomic E-state index is 0.0113. The van der Waals surface area contributed by atoms with Gasteiger partial charge in [-0.15, -0.1) is 13.2 Å². The van der Waals surface area contributed by atoms with E-state index in [9.17, 15) is 14.4 Å². The lowest BCUT2D eigenvalue weighted by atomic mass is 9.94. The van der Waals surface area contributed by atoms with Gasteiger partial charge in [-0.05, 0) is 32.6 Å². The van der Waals surface area contributed by atoms with E-state index in [1.807, 2.05) is 0 Å². The summed E-state index contributed by atoms with van der Waals surface area (Å²) in [6.45, 7) is 8.93. The smallest absolute Gasteiger partial charge is 0.306 e. The zero-order valence-electron chi connectivity index (χ0n) is 16.9. The highest BCUT2D eigenvalue weighted by Gasteiger charge is 2.38. The second-order valence-electron chi connectivity index (χ2n) is 7.54. The molecule has 1 fully saturated rings. The molecule has 0 aromatic heterocycles. The number of amides is 2. The van der Waals surface area contributed by atoms with Gasteiger partial charge >= 0.3 is 5.97 Å². The van der Waals surface area contributed by atoms with Crippen molar-refractivity contribution in [2.24, 2.45) is 5.92 Å². The Morgan fingerprint density at radius 2 is 1.89 bits per heavy atom. The molecule has 28 heavy (non-hydrogen) atoms. The first-order valence-corrected chi connectivity index (χ1v) is 9.95. The molecule has 1 saturated carbocycles. The molecule has 7 nitrogen and oxygen atoms in total. The van der Waals surface area contributed by atoms with Gasteiger partial charge in [-0.25, -0.2) is 0 Å². The molecule has 2 unspecified atom stereocenters. The Labute approximate surface area is 167 Å². The van der Waals surface area contributed by atoms with Crippen molar-refractivity contribution in [2.75, 3.05) is 13.2 Å². The van der Waals surface area contributed by atoms with E-state index in [4.69, 9.17) is 9.84 Å². The lowest BCUT2D eigenvalue weighted by Crippen LogP contribution is -2.52. The van der Waals surface area contributed by atoms with E-state index in [0.717, 1.165) is 25.7 Å². The molecule has 1 aliphatic rings. The molecule has 2 amide bonds. The third-order valence-corrected chi connectivity index (χ3v) is 4.95. The Balaban J connectivity index is 2.70. The molecule has 0 radical (unpaired) electrons. The molecule has 0 spiro atoms. The first-order valence-electron chi connectivity index (χ1n) is 9.95. The zero-order valence-corrected chi connectivity index (χ0v) is 16.9. The maximum absolute atomic E-state index is 12.9. The summed E-state index contributed by atoms with van der Waals surface area (Å²) in [4.78, 5) is 36.8. The predicted molar refractivity (Wildman–Crippen MR) is 107 cm³/mol. The maximum Gasteiger partial charge on any atom is 0.306 e. The molecular formula is C21H34N2O5. The van der Waals surface area contributed by atoms with Crippen LogP contribution in [0.2, 0.25) is 0 Å². The summed E-state index contributed by atoms with van der Waals surface area (Å²) >= 11 is 0. The van der Waals surface area contributed by atoms with E-state index in [1.54, 1.807) is 19.1 Å². The SMILES string of the molecule is C=CCCC(=O)OCC1(NC(=O)C(CC=C)CC(=O)NC(C)CO)CCCC1. The molecule has 0 saturated heterocycles. The average Bonchev–Trinajstić information content (AvgIpc) is 3.12. The normalized spacial score (nSPS) is 17.2. The lowest BCUT2D eigenvalue weighted by molar-refractivity contribution is -0.147. The summed E-state index contributed by atoms with van der Waals surface area (Å²) in [5, 5.41) is 14.8. The fourth-order valence-corrected chi connectivity index (χ4v) is 3.32. The van der Waals surface area contributed by atoms with Gasteiger partial charge in [0.1, 0.15) is 6.61 Å². The van der Waals surface area contributed by atoms with Crippen LogP contribution in [-0.4, -0.2) is 47.7 Å². The minimum atomic E-state index is -0.574. The Hall–Kier alpha value is -2.15. The van der Waals surface area contributed by atoms with Gasteiger partial charge in [-0.1, -0.05) is 25.0 Å². The first kappa shape index (κ1) is 23.9. The van der Waals surface area contributed by atoms with E-state index in [0.29, 0.717) is 12.8 Å². The Bertz CT molecular complexity index is 555. The third-order valence-electron chi connectivity index (χ3n) is 4.95. The Morgan fingerprint density at radius 3 is 2.46 bits per heavy atom. The van der Waals surface area contributed by atoms with Crippen molar-refractivity contribution >= 4 is 17.8 Å². The van der Waals surface area contributed by atoms with Crippen LogP contribution in [0.5, 0.6) is 0 Å². The molecule has 0 aromatic rings. The third kappa shape index (κ3) is 8.25. The molecule has 0 aliphatic heterocycles. The molecule has 0 bridgehead atoms. The van der Waals surface area contributed by atoms with Crippen LogP contribution in [-0.2, 0) is 19.1 Å². The minimum Gasteiger partial charge on any atom is -0.463 e. The Morgan fingerprint density at radius 1 is 1.21 bits per heavy atom. The predicted octanol–water partition coefficient (Wildman–Crippen LogP) is 2.00. The number of rotatable bonds is 13. The van der Waals surface area contributed by atoms with Crippen molar-refractivity contribution in [3.05, 3.63) is 25.3 Å². The van der Waals surface area contributed by atoms with Gasteiger partial charge in [0.15, 0.2) is 0 Å². The van der Waals surface area contributed by atoms with Gasteiger partial charge in [0.05, 0.1) is 18.1 Å². The largest absolute Gasteiger partial charge is 0.463 e. The number of hydrogen-bond donors (Lipinski definition) is 3. The van der Waals surface area contributed by atoms with E-state index in [2.05, 4.69) is 23.8 Å². The fourth-order valence-electron chi connectivity index (χ4n) is 3.32. The van der Waals surface area contributed by atoms with E-state index >= 15 is 0 Å². The summed E-state index contributed by atoms with van der Waals surface area (Å²) in [5.41, 5.74) is -0.574. The second kappa shape index (κ2) is 12.3. The van der Waals surface area contributed by atoms with Crippen LogP contribution < -0.4 is 10.6 Å². The maximum atomic E-state index is 12.9. The van der Waals surface area contributed by atoms with Crippen molar-refractivity contribution in [1.29, 1.82) is 0 Å². The van der Waals surface area contributed by atoms with Gasteiger partial charge in [-0.2, -0.15) is 0 Å². The standard InChI is InChI=1S/C21H34N2O5/c1-4-6-10-19(26)28-15-21(11-7-8-12-21)23-20(27)17(9-5-2)13-18(25)22-16(3)14-24/h4-5,16-17,24H,1-2,6-15H2,3H3,(H,22,25)(H,23,27). The van der Waals surface area contributed by atoms with E-state index in [1.165, 1.54) is 0 Å². The van der Waals surface area contributed by atoms with Crippen LogP contribution in [0.25, 0.3) is 0 Å². The molecule has 7 heteroatoms. The van der Waals surface area contributed by atoms with Crippen LogP contribution in [0.3, 0.4) is 0 Å². The topological polar surface area (TPSA) is 105 Å². The summed E-state index contributed by atoms with van der Waals surface area (Å²) in [7, 11) is 0. The molecule has 1 aliphatic carbocycles. The van der Waals surface area contributed by atoms with Gasteiger partial charge in [0, 0.05) is 18.9 Å². The zero-order chi connectivity index (χ0) is 21.0. The van der Waals surface area contributed by atoms with Crippen molar-refractivity contribution in [3.63, 3.8) is 0 Å². The highest BCUT2D eigenvalue weighted by atomic mass is 16.5. The van der Waals surface area contributed by atoms with Crippen LogP contribution in [0.15, 0.2) is 25.3 Å². The summed E-state index contributed by atoms with van der Waals surface area (Å²) in [6, 6.07) is -0.365. The summed E-state index contributed by atoms with van der Waals surface area (Å²) in [6.07, 6.45) is 7.86. The molecule has 158 valence electrons. The monoisotopic (exact) mass is 394 g/mol. The molecule has 2 atom stereocenters. The Kier molecular flexibility index (Phi) is 10.5. The van der Waals surface area contributed by atoms with Crippen molar-refractivity contribution in [1.82, 2.24) is 10.6 Å². The molecule has 0 aromatic carbocycles. The number of hydrogen-bond acceptors (Lipinski definition) is 5. The molecule has 3 N–H and O–H groups in total. The van der Waals surface area contributed by atoms with Crippen LogP contribution in [0.1, 0.15) is 58.3 Å². The van der Waals surface area contributed by atoms with Crippen molar-refractivity contribution in [2.45, 2.75) is 69.9 Å². The number of nitrogens with one attached hydrogen (secondary N) is 2. The highest BCUT2D eigenvalue weighted by Crippen LogP contribution is 2.31. The quantitative estimate of drug-likeness (QED) is 0.327. The average molecular weight is 395 g/mol. The number of esters is 1. The van der Waals surface area contributed by atoms with Gasteiger partial charge in [-0.3, -0.25) is 14.4 Å².